The number of sulfonamides is 1. The molecule has 7 heteroatoms. The molecule has 130 valence electrons. The summed E-state index contributed by atoms with van der Waals surface area (Å²) in [5.41, 5.74) is 3.10. The van der Waals surface area contributed by atoms with Gasteiger partial charge in [-0.25, -0.2) is 8.42 Å². The lowest BCUT2D eigenvalue weighted by Gasteiger charge is -2.37. The van der Waals surface area contributed by atoms with E-state index in [0.29, 0.717) is 12.1 Å². The Morgan fingerprint density at radius 1 is 1.25 bits per heavy atom. The predicted octanol–water partition coefficient (Wildman–Crippen LogP) is 2.86. The Balaban J connectivity index is 1.84. The molecule has 0 saturated heterocycles. The van der Waals surface area contributed by atoms with Crippen molar-refractivity contribution >= 4 is 26.9 Å². The minimum atomic E-state index is -3.73. The van der Waals surface area contributed by atoms with Crippen molar-refractivity contribution in [2.75, 3.05) is 0 Å². The summed E-state index contributed by atoms with van der Waals surface area (Å²) in [6.45, 7) is 5.90. The van der Waals surface area contributed by atoms with Gasteiger partial charge in [-0.3, -0.25) is 4.79 Å². The summed E-state index contributed by atoms with van der Waals surface area (Å²) in [5, 5.41) is -0.444. The standard InChI is InChI=1S/C17H21ClN2O3S/c1-11-4-6-13(7-5-11)24(22,23)20-19-14-10-12-8-9-17(14,15(18)21)16(12,2)3/h4-7,10,12,19-20H,8-9H2,1-3H3. The van der Waals surface area contributed by atoms with Crippen molar-refractivity contribution in [3.05, 3.63) is 41.6 Å². The predicted molar refractivity (Wildman–Crippen MR) is 92.5 cm³/mol. The second-order valence-corrected chi connectivity index (χ2v) is 9.20. The smallest absolute Gasteiger partial charge is 0.257 e. The van der Waals surface area contributed by atoms with Crippen LogP contribution >= 0.6 is 11.6 Å². The summed E-state index contributed by atoms with van der Waals surface area (Å²) in [4.78, 5) is 14.7. The van der Waals surface area contributed by atoms with Crippen LogP contribution in [0.15, 0.2) is 40.9 Å². The van der Waals surface area contributed by atoms with E-state index in [1.54, 1.807) is 24.3 Å². The molecule has 1 saturated carbocycles. The van der Waals surface area contributed by atoms with Crippen LogP contribution < -0.4 is 10.3 Å². The van der Waals surface area contributed by atoms with E-state index in [9.17, 15) is 13.2 Å². The van der Waals surface area contributed by atoms with Crippen LogP contribution in [-0.4, -0.2) is 13.7 Å². The van der Waals surface area contributed by atoms with Gasteiger partial charge in [0.25, 0.3) is 10.0 Å². The van der Waals surface area contributed by atoms with Crippen molar-refractivity contribution in [2.24, 2.45) is 16.7 Å². The number of hydrogen-bond donors (Lipinski definition) is 2. The quantitative estimate of drug-likeness (QED) is 0.619. The Bertz CT molecular complexity index is 815. The molecule has 0 amide bonds. The fourth-order valence-electron chi connectivity index (χ4n) is 3.99. The molecule has 1 aromatic carbocycles. The summed E-state index contributed by atoms with van der Waals surface area (Å²) in [6.07, 6.45) is 3.43. The van der Waals surface area contributed by atoms with Crippen LogP contribution in [0.2, 0.25) is 0 Å². The number of rotatable bonds is 5. The maximum absolute atomic E-state index is 12.4. The third-order valence-electron chi connectivity index (χ3n) is 5.67. The molecule has 0 aliphatic heterocycles. The summed E-state index contributed by atoms with van der Waals surface area (Å²) >= 11 is 5.93. The number of allylic oxidation sites excluding steroid dienone is 2. The van der Waals surface area contributed by atoms with Gasteiger partial charge in [0.15, 0.2) is 0 Å². The molecular weight excluding hydrogens is 348 g/mol. The summed E-state index contributed by atoms with van der Waals surface area (Å²) < 4.78 is 24.8. The molecule has 5 nitrogen and oxygen atoms in total. The van der Waals surface area contributed by atoms with E-state index in [0.717, 1.165) is 12.0 Å². The Labute approximate surface area is 147 Å². The second-order valence-electron chi connectivity index (χ2n) is 7.17. The minimum absolute atomic E-state index is 0.162. The van der Waals surface area contributed by atoms with Gasteiger partial charge in [0.2, 0.25) is 5.24 Å². The molecule has 0 heterocycles. The molecule has 1 aromatic rings. The van der Waals surface area contributed by atoms with E-state index in [-0.39, 0.29) is 16.2 Å². The lowest BCUT2D eigenvalue weighted by Crippen LogP contribution is -2.47. The van der Waals surface area contributed by atoms with E-state index in [1.807, 2.05) is 26.8 Å². The van der Waals surface area contributed by atoms with Crippen molar-refractivity contribution in [1.82, 2.24) is 10.3 Å². The molecular formula is C17H21ClN2O3S. The molecule has 3 rings (SSSR count). The molecule has 0 radical (unpaired) electrons. The highest BCUT2D eigenvalue weighted by molar-refractivity contribution is 7.89. The van der Waals surface area contributed by atoms with Gasteiger partial charge in [-0.15, -0.1) is 4.83 Å². The van der Waals surface area contributed by atoms with Crippen LogP contribution in [0, 0.1) is 23.7 Å². The Hall–Kier alpha value is -1.37. The molecule has 2 atom stereocenters. The molecule has 0 spiro atoms. The fraction of sp³-hybridized carbons (Fsp3) is 0.471. The van der Waals surface area contributed by atoms with Crippen molar-refractivity contribution in [3.63, 3.8) is 0 Å². The van der Waals surface area contributed by atoms with E-state index < -0.39 is 20.7 Å². The van der Waals surface area contributed by atoms with E-state index in [1.165, 1.54) is 0 Å². The number of nitrogens with one attached hydrogen (secondary N) is 2. The highest BCUT2D eigenvalue weighted by Crippen LogP contribution is 2.65. The van der Waals surface area contributed by atoms with E-state index in [4.69, 9.17) is 11.6 Å². The fourth-order valence-corrected chi connectivity index (χ4v) is 5.29. The maximum atomic E-state index is 12.4. The maximum Gasteiger partial charge on any atom is 0.257 e. The van der Waals surface area contributed by atoms with Crippen LogP contribution in [0.25, 0.3) is 0 Å². The van der Waals surface area contributed by atoms with Gasteiger partial charge in [0, 0.05) is 5.70 Å². The third-order valence-corrected chi connectivity index (χ3v) is 7.26. The normalized spacial score (nSPS) is 27.8. The zero-order valence-corrected chi connectivity index (χ0v) is 15.5. The minimum Gasteiger partial charge on any atom is -0.311 e. The first kappa shape index (κ1) is 17.5. The number of hydrogen-bond acceptors (Lipinski definition) is 4. The monoisotopic (exact) mass is 368 g/mol. The molecule has 2 aliphatic rings. The number of hydrazine groups is 1. The lowest BCUT2D eigenvalue weighted by atomic mass is 9.68. The number of halogens is 1. The van der Waals surface area contributed by atoms with E-state index >= 15 is 0 Å². The van der Waals surface area contributed by atoms with Crippen LogP contribution in [0.4, 0.5) is 0 Å². The molecule has 2 bridgehead atoms. The second kappa shape index (κ2) is 5.58. The van der Waals surface area contributed by atoms with Gasteiger partial charge in [-0.1, -0.05) is 37.6 Å². The number of carbonyl (C=O) groups is 1. The van der Waals surface area contributed by atoms with Gasteiger partial charge in [0.1, 0.15) is 0 Å². The third kappa shape index (κ3) is 2.39. The molecule has 0 aromatic heterocycles. The van der Waals surface area contributed by atoms with Crippen molar-refractivity contribution in [3.8, 4) is 0 Å². The van der Waals surface area contributed by atoms with Gasteiger partial charge >= 0.3 is 0 Å². The molecule has 2 unspecified atom stereocenters. The molecule has 1 fully saturated rings. The average Bonchev–Trinajstić information content (AvgIpc) is 2.90. The Morgan fingerprint density at radius 3 is 2.42 bits per heavy atom. The highest BCUT2D eigenvalue weighted by atomic mass is 35.5. The first-order valence-electron chi connectivity index (χ1n) is 7.88. The van der Waals surface area contributed by atoms with Crippen LogP contribution in [0.5, 0.6) is 0 Å². The van der Waals surface area contributed by atoms with Crippen molar-refractivity contribution < 1.29 is 13.2 Å². The lowest BCUT2D eigenvalue weighted by molar-refractivity contribution is -0.122. The van der Waals surface area contributed by atoms with E-state index in [2.05, 4.69) is 10.3 Å². The van der Waals surface area contributed by atoms with Crippen LogP contribution in [-0.2, 0) is 14.8 Å². The first-order chi connectivity index (χ1) is 11.1. The average molecular weight is 369 g/mol. The Morgan fingerprint density at radius 2 is 1.88 bits per heavy atom. The van der Waals surface area contributed by atoms with Gasteiger partial charge in [-0.05, 0) is 54.8 Å². The van der Waals surface area contributed by atoms with Gasteiger partial charge in [-0.2, -0.15) is 0 Å². The number of fused-ring (bicyclic) bond motifs is 2. The SMILES string of the molecule is Cc1ccc(S(=O)(=O)NNC2=CC3CCC2(C(=O)Cl)C3(C)C)cc1. The van der Waals surface area contributed by atoms with Crippen molar-refractivity contribution in [1.29, 1.82) is 0 Å². The van der Waals surface area contributed by atoms with Crippen LogP contribution in [0.1, 0.15) is 32.3 Å². The van der Waals surface area contributed by atoms with Gasteiger partial charge < -0.3 is 5.43 Å². The molecule has 2 N–H and O–H groups in total. The van der Waals surface area contributed by atoms with Gasteiger partial charge in [0.05, 0.1) is 10.3 Å². The van der Waals surface area contributed by atoms with Crippen LogP contribution in [0.3, 0.4) is 0 Å². The zero-order chi connectivity index (χ0) is 17.8. The number of carbonyl (C=O) groups excluding carboxylic acids is 1. The first-order valence-corrected chi connectivity index (χ1v) is 9.74. The van der Waals surface area contributed by atoms with Crippen molar-refractivity contribution in [2.45, 2.75) is 38.5 Å². The number of aryl methyl sites for hydroxylation is 1. The topological polar surface area (TPSA) is 75.3 Å². The summed E-state index contributed by atoms with van der Waals surface area (Å²) in [7, 11) is -3.73. The molecule has 24 heavy (non-hydrogen) atoms. The summed E-state index contributed by atoms with van der Waals surface area (Å²) in [6, 6.07) is 6.55. The summed E-state index contributed by atoms with van der Waals surface area (Å²) in [5.74, 6) is 0.201. The zero-order valence-electron chi connectivity index (χ0n) is 13.9. The highest BCUT2D eigenvalue weighted by Gasteiger charge is 2.64. The Kier molecular flexibility index (Phi) is 4.06. The molecule has 2 aliphatic carbocycles. The number of benzene rings is 1. The largest absolute Gasteiger partial charge is 0.311 e.